The minimum Gasteiger partial charge on any atom is -0.462 e. The second-order valence-corrected chi connectivity index (χ2v) is 4.98. The minimum absolute atomic E-state index is 0.0472. The molecular formula is C14H17N5O3. The Labute approximate surface area is 127 Å². The van der Waals surface area contributed by atoms with Crippen molar-refractivity contribution in [3.63, 3.8) is 0 Å². The maximum absolute atomic E-state index is 12.1. The molecule has 1 amide bonds. The molecule has 1 aromatic rings. The van der Waals surface area contributed by atoms with Gasteiger partial charge in [-0.1, -0.05) is 5.11 Å². The number of ether oxygens (including phenoxy) is 1. The lowest BCUT2D eigenvalue weighted by Gasteiger charge is -2.19. The predicted molar refractivity (Wildman–Crippen MR) is 81.3 cm³/mol. The van der Waals surface area contributed by atoms with E-state index in [0.717, 1.165) is 0 Å². The van der Waals surface area contributed by atoms with Crippen LogP contribution >= 0.6 is 0 Å². The second-order valence-electron chi connectivity index (χ2n) is 4.98. The van der Waals surface area contributed by atoms with E-state index in [-0.39, 0.29) is 25.0 Å². The second kappa shape index (κ2) is 6.82. The fourth-order valence-electron chi connectivity index (χ4n) is 2.41. The van der Waals surface area contributed by atoms with E-state index in [1.165, 1.54) is 4.90 Å². The van der Waals surface area contributed by atoms with Crippen LogP contribution in [0, 0.1) is 5.92 Å². The summed E-state index contributed by atoms with van der Waals surface area (Å²) in [5.74, 6) is -0.610. The van der Waals surface area contributed by atoms with Crippen molar-refractivity contribution in [3.8, 4) is 0 Å². The van der Waals surface area contributed by atoms with Gasteiger partial charge in [0.15, 0.2) is 0 Å². The third-order valence-corrected chi connectivity index (χ3v) is 3.44. The van der Waals surface area contributed by atoms with Crippen molar-refractivity contribution in [2.45, 2.75) is 13.3 Å². The van der Waals surface area contributed by atoms with Crippen molar-refractivity contribution >= 4 is 23.3 Å². The van der Waals surface area contributed by atoms with Gasteiger partial charge in [-0.25, -0.2) is 4.79 Å². The van der Waals surface area contributed by atoms with Crippen LogP contribution in [0.5, 0.6) is 0 Å². The maximum atomic E-state index is 12.1. The molecule has 0 aliphatic carbocycles. The smallest absolute Gasteiger partial charge is 0.338 e. The molecule has 2 N–H and O–H groups in total. The lowest BCUT2D eigenvalue weighted by molar-refractivity contribution is -0.117. The molecule has 22 heavy (non-hydrogen) atoms. The lowest BCUT2D eigenvalue weighted by atomic mass is 10.1. The summed E-state index contributed by atoms with van der Waals surface area (Å²) in [6.07, 6.45) is 0.294. The quantitative estimate of drug-likeness (QED) is 0.294. The van der Waals surface area contributed by atoms with Gasteiger partial charge in [0.05, 0.1) is 23.5 Å². The number of nitrogens with zero attached hydrogens (tertiary/aromatic N) is 4. The molecule has 1 heterocycles. The van der Waals surface area contributed by atoms with E-state index in [9.17, 15) is 9.59 Å². The minimum atomic E-state index is -0.457. The molecule has 1 fully saturated rings. The van der Waals surface area contributed by atoms with Gasteiger partial charge in [0, 0.05) is 24.4 Å². The lowest BCUT2D eigenvalue weighted by Crippen LogP contribution is -2.26. The Balaban J connectivity index is 2.24. The zero-order chi connectivity index (χ0) is 16.1. The molecule has 1 atom stereocenters. The molecule has 0 saturated carbocycles. The SMILES string of the molecule is CCOC(=O)c1ccc(N)c(N2CC(CN=[N+]=[N-])CC2=O)c1. The topological polar surface area (TPSA) is 121 Å². The normalized spacial score (nSPS) is 17.2. The van der Waals surface area contributed by atoms with Gasteiger partial charge < -0.3 is 15.4 Å². The molecule has 0 spiro atoms. The number of azide groups is 1. The standard InChI is InChI=1S/C14H17N5O3/c1-2-22-14(21)10-3-4-11(15)12(6-10)19-8-9(5-13(19)20)7-17-18-16/h3-4,6,9H,2,5,7-8,15H2,1H3. The fourth-order valence-corrected chi connectivity index (χ4v) is 2.41. The van der Waals surface area contributed by atoms with Crippen LogP contribution in [0.15, 0.2) is 23.3 Å². The monoisotopic (exact) mass is 303 g/mol. The number of carbonyl (C=O) groups is 2. The summed E-state index contributed by atoms with van der Waals surface area (Å²) in [6.45, 7) is 2.67. The largest absolute Gasteiger partial charge is 0.462 e. The zero-order valence-electron chi connectivity index (χ0n) is 12.2. The summed E-state index contributed by atoms with van der Waals surface area (Å²) >= 11 is 0. The van der Waals surface area contributed by atoms with Gasteiger partial charge in [-0.3, -0.25) is 4.79 Å². The van der Waals surface area contributed by atoms with E-state index in [2.05, 4.69) is 10.0 Å². The Morgan fingerprint density at radius 2 is 2.36 bits per heavy atom. The van der Waals surface area contributed by atoms with Crippen LogP contribution in [0.3, 0.4) is 0 Å². The van der Waals surface area contributed by atoms with Crippen LogP contribution in [0.1, 0.15) is 23.7 Å². The first-order valence-electron chi connectivity index (χ1n) is 6.94. The summed E-state index contributed by atoms with van der Waals surface area (Å²) < 4.78 is 4.95. The molecule has 1 aliphatic rings. The van der Waals surface area contributed by atoms with Gasteiger partial charge in [0.1, 0.15) is 0 Å². The van der Waals surface area contributed by atoms with E-state index in [1.807, 2.05) is 0 Å². The van der Waals surface area contributed by atoms with Gasteiger partial charge in [-0.05, 0) is 36.6 Å². The highest BCUT2D eigenvalue weighted by atomic mass is 16.5. The highest BCUT2D eigenvalue weighted by molar-refractivity contribution is 6.00. The third kappa shape index (κ3) is 3.29. The van der Waals surface area contributed by atoms with Crippen LogP contribution < -0.4 is 10.6 Å². The Hall–Kier alpha value is -2.73. The number of amides is 1. The van der Waals surface area contributed by atoms with Crippen LogP contribution in [0.25, 0.3) is 10.4 Å². The number of nitrogen functional groups attached to an aromatic ring is 1. The number of hydrogen-bond donors (Lipinski definition) is 1. The van der Waals surface area contributed by atoms with Crippen LogP contribution in [-0.2, 0) is 9.53 Å². The van der Waals surface area contributed by atoms with Crippen molar-refractivity contribution in [1.29, 1.82) is 0 Å². The fraction of sp³-hybridized carbons (Fsp3) is 0.429. The van der Waals surface area contributed by atoms with E-state index in [0.29, 0.717) is 29.9 Å². The van der Waals surface area contributed by atoms with E-state index < -0.39 is 5.97 Å². The first-order chi connectivity index (χ1) is 10.6. The van der Waals surface area contributed by atoms with Crippen LogP contribution in [0.2, 0.25) is 0 Å². The van der Waals surface area contributed by atoms with Gasteiger partial charge in [0.25, 0.3) is 0 Å². The molecule has 1 aliphatic heterocycles. The number of anilines is 2. The highest BCUT2D eigenvalue weighted by Gasteiger charge is 2.31. The van der Waals surface area contributed by atoms with Gasteiger partial charge >= 0.3 is 5.97 Å². The van der Waals surface area contributed by atoms with Crippen LogP contribution in [0.4, 0.5) is 11.4 Å². The molecule has 0 bridgehead atoms. The molecule has 8 nitrogen and oxygen atoms in total. The number of hydrogen-bond acceptors (Lipinski definition) is 5. The molecule has 1 saturated heterocycles. The Kier molecular flexibility index (Phi) is 4.85. The van der Waals surface area contributed by atoms with Crippen molar-refractivity contribution in [3.05, 3.63) is 34.2 Å². The van der Waals surface area contributed by atoms with Crippen LogP contribution in [-0.4, -0.2) is 31.6 Å². The Bertz CT molecular complexity index is 639. The average molecular weight is 303 g/mol. The summed E-state index contributed by atoms with van der Waals surface area (Å²) in [5, 5.41) is 3.51. The number of benzene rings is 1. The van der Waals surface area contributed by atoms with Crippen molar-refractivity contribution in [2.24, 2.45) is 11.0 Å². The predicted octanol–water partition coefficient (Wildman–Crippen LogP) is 2.11. The number of rotatable bonds is 5. The van der Waals surface area contributed by atoms with E-state index in [1.54, 1.807) is 25.1 Å². The molecular weight excluding hydrogens is 286 g/mol. The van der Waals surface area contributed by atoms with Gasteiger partial charge in [-0.2, -0.15) is 0 Å². The van der Waals surface area contributed by atoms with Gasteiger partial charge in [-0.15, -0.1) is 0 Å². The van der Waals surface area contributed by atoms with Crippen molar-refractivity contribution in [1.82, 2.24) is 0 Å². The number of nitrogens with two attached hydrogens (primary N) is 1. The third-order valence-electron chi connectivity index (χ3n) is 3.44. The summed E-state index contributed by atoms with van der Waals surface area (Å²) in [5.41, 5.74) is 15.5. The highest BCUT2D eigenvalue weighted by Crippen LogP contribution is 2.31. The maximum Gasteiger partial charge on any atom is 0.338 e. The van der Waals surface area contributed by atoms with Gasteiger partial charge in [0.2, 0.25) is 5.91 Å². The number of carbonyl (C=O) groups excluding carboxylic acids is 2. The first kappa shape index (κ1) is 15.7. The van der Waals surface area contributed by atoms with E-state index >= 15 is 0 Å². The van der Waals surface area contributed by atoms with Crippen molar-refractivity contribution in [2.75, 3.05) is 30.3 Å². The molecule has 0 radical (unpaired) electrons. The summed E-state index contributed by atoms with van der Waals surface area (Å²) in [4.78, 5) is 28.1. The Morgan fingerprint density at radius 1 is 1.59 bits per heavy atom. The molecule has 2 rings (SSSR count). The number of esters is 1. The zero-order valence-corrected chi connectivity index (χ0v) is 12.2. The molecule has 1 aromatic carbocycles. The summed E-state index contributed by atoms with van der Waals surface area (Å²) in [6, 6.07) is 4.70. The molecule has 1 unspecified atom stereocenters. The first-order valence-corrected chi connectivity index (χ1v) is 6.94. The molecule has 116 valence electrons. The van der Waals surface area contributed by atoms with E-state index in [4.69, 9.17) is 16.0 Å². The summed E-state index contributed by atoms with van der Waals surface area (Å²) in [7, 11) is 0. The molecule has 0 aromatic heterocycles. The molecule has 8 heteroatoms. The average Bonchev–Trinajstić information content (AvgIpc) is 2.86. The Morgan fingerprint density at radius 3 is 3.05 bits per heavy atom. The van der Waals surface area contributed by atoms with Crippen molar-refractivity contribution < 1.29 is 14.3 Å².